The molecule has 0 bridgehead atoms. The zero-order valence-corrected chi connectivity index (χ0v) is 7.92. The second-order valence-corrected chi connectivity index (χ2v) is 3.65. The van der Waals surface area contributed by atoms with Crippen molar-refractivity contribution in [3.63, 3.8) is 0 Å². The summed E-state index contributed by atoms with van der Waals surface area (Å²) in [7, 11) is 0. The van der Waals surface area contributed by atoms with E-state index in [0.717, 1.165) is 19.1 Å². The molecule has 1 aliphatic rings. The molecule has 12 heavy (non-hydrogen) atoms. The molecule has 1 aliphatic heterocycles. The SMILES string of the molecule is CC(C)=CCCC1(C)O/C1=C/O. The van der Waals surface area contributed by atoms with Crippen molar-refractivity contribution in [1.82, 2.24) is 0 Å². The second kappa shape index (κ2) is 3.21. The average Bonchev–Trinajstić information content (AvgIpc) is 2.61. The molecule has 1 unspecified atom stereocenters. The molecule has 0 aromatic carbocycles. The van der Waals surface area contributed by atoms with Crippen molar-refractivity contribution >= 4 is 0 Å². The van der Waals surface area contributed by atoms with Gasteiger partial charge in [0.25, 0.3) is 0 Å². The van der Waals surface area contributed by atoms with Gasteiger partial charge in [-0.25, -0.2) is 0 Å². The Kier molecular flexibility index (Phi) is 2.46. The van der Waals surface area contributed by atoms with Gasteiger partial charge in [-0.05, 0) is 33.6 Å². The van der Waals surface area contributed by atoms with E-state index in [2.05, 4.69) is 19.9 Å². The second-order valence-electron chi connectivity index (χ2n) is 3.65. The molecule has 68 valence electrons. The topological polar surface area (TPSA) is 32.8 Å². The standard InChI is InChI=1S/C10H16O2/c1-8(2)5-4-6-10(3)9(7-11)12-10/h5,7,11H,4,6H2,1-3H3/b9-7+. The molecule has 0 aliphatic carbocycles. The van der Waals surface area contributed by atoms with Gasteiger partial charge in [-0.15, -0.1) is 0 Å². The molecule has 0 spiro atoms. The van der Waals surface area contributed by atoms with Gasteiger partial charge in [0.15, 0.2) is 11.4 Å². The van der Waals surface area contributed by atoms with Crippen LogP contribution in [0, 0.1) is 0 Å². The van der Waals surface area contributed by atoms with Gasteiger partial charge < -0.3 is 9.84 Å². The minimum atomic E-state index is -0.180. The zero-order valence-electron chi connectivity index (χ0n) is 7.92. The number of aliphatic hydroxyl groups excluding tert-OH is 1. The third kappa shape index (κ3) is 2.03. The largest absolute Gasteiger partial charge is 0.512 e. The van der Waals surface area contributed by atoms with Crippen LogP contribution in [0.3, 0.4) is 0 Å². The van der Waals surface area contributed by atoms with E-state index in [-0.39, 0.29) is 5.60 Å². The van der Waals surface area contributed by atoms with Crippen LogP contribution in [0.25, 0.3) is 0 Å². The van der Waals surface area contributed by atoms with E-state index >= 15 is 0 Å². The molecular formula is C10H16O2. The predicted octanol–water partition coefficient (Wildman–Crippen LogP) is 2.92. The van der Waals surface area contributed by atoms with Crippen LogP contribution < -0.4 is 0 Å². The number of hydrogen-bond acceptors (Lipinski definition) is 2. The lowest BCUT2D eigenvalue weighted by atomic mass is 10.0. The summed E-state index contributed by atoms with van der Waals surface area (Å²) in [6, 6.07) is 0. The molecule has 1 rings (SSSR count). The summed E-state index contributed by atoms with van der Waals surface area (Å²) in [6.45, 7) is 6.16. The molecule has 0 amide bonds. The van der Waals surface area contributed by atoms with Gasteiger partial charge in [-0.3, -0.25) is 0 Å². The molecule has 0 saturated carbocycles. The number of epoxide rings is 1. The van der Waals surface area contributed by atoms with Crippen LogP contribution in [0.1, 0.15) is 33.6 Å². The molecule has 0 aromatic rings. The Bertz CT molecular complexity index is 224. The lowest BCUT2D eigenvalue weighted by molar-refractivity contribution is 0.314. The maximum atomic E-state index is 8.65. The molecular weight excluding hydrogens is 152 g/mol. The Morgan fingerprint density at radius 3 is 2.67 bits per heavy atom. The summed E-state index contributed by atoms with van der Waals surface area (Å²) < 4.78 is 5.22. The van der Waals surface area contributed by atoms with Crippen molar-refractivity contribution in [2.45, 2.75) is 39.2 Å². The number of aliphatic hydroxyl groups is 1. The van der Waals surface area contributed by atoms with Crippen molar-refractivity contribution in [3.05, 3.63) is 23.7 Å². The molecule has 0 radical (unpaired) electrons. The smallest absolute Gasteiger partial charge is 0.175 e. The lowest BCUT2D eigenvalue weighted by Crippen LogP contribution is -2.01. The molecule has 2 nitrogen and oxygen atoms in total. The van der Waals surface area contributed by atoms with Gasteiger partial charge >= 0.3 is 0 Å². The van der Waals surface area contributed by atoms with Crippen LogP contribution in [0.5, 0.6) is 0 Å². The number of rotatable bonds is 3. The first kappa shape index (κ1) is 9.17. The normalized spacial score (nSPS) is 29.8. The Hall–Kier alpha value is -0.920. The van der Waals surface area contributed by atoms with Crippen molar-refractivity contribution in [1.29, 1.82) is 0 Å². The van der Waals surface area contributed by atoms with Crippen molar-refractivity contribution in [2.24, 2.45) is 0 Å². The van der Waals surface area contributed by atoms with Crippen molar-refractivity contribution in [2.75, 3.05) is 0 Å². The monoisotopic (exact) mass is 168 g/mol. The van der Waals surface area contributed by atoms with Crippen molar-refractivity contribution in [3.8, 4) is 0 Å². The first-order chi connectivity index (χ1) is 5.58. The van der Waals surface area contributed by atoms with Gasteiger partial charge in [0.2, 0.25) is 0 Å². The highest BCUT2D eigenvalue weighted by molar-refractivity contribution is 5.21. The maximum Gasteiger partial charge on any atom is 0.175 e. The van der Waals surface area contributed by atoms with Gasteiger partial charge in [0.1, 0.15) is 6.26 Å². The number of ether oxygens (including phenoxy) is 1. The van der Waals surface area contributed by atoms with Crippen LogP contribution in [0.4, 0.5) is 0 Å². The lowest BCUT2D eigenvalue weighted by Gasteiger charge is -1.98. The van der Waals surface area contributed by atoms with Gasteiger partial charge in [0.05, 0.1) is 0 Å². The van der Waals surface area contributed by atoms with E-state index < -0.39 is 0 Å². The van der Waals surface area contributed by atoms with E-state index in [0.29, 0.717) is 5.76 Å². The van der Waals surface area contributed by atoms with E-state index in [1.165, 1.54) is 5.57 Å². The number of allylic oxidation sites excluding steroid dienone is 2. The van der Waals surface area contributed by atoms with Gasteiger partial charge in [-0.1, -0.05) is 11.6 Å². The Balaban J connectivity index is 2.31. The zero-order chi connectivity index (χ0) is 9.19. The Labute approximate surface area is 73.5 Å². The summed E-state index contributed by atoms with van der Waals surface area (Å²) in [5.41, 5.74) is 1.15. The van der Waals surface area contributed by atoms with E-state index in [1.807, 2.05) is 6.92 Å². The minimum Gasteiger partial charge on any atom is -0.512 e. The van der Waals surface area contributed by atoms with Gasteiger partial charge in [0, 0.05) is 0 Å². The summed E-state index contributed by atoms with van der Waals surface area (Å²) in [6.07, 6.45) is 5.20. The predicted molar refractivity (Wildman–Crippen MR) is 48.9 cm³/mol. The molecule has 2 heteroatoms. The quantitative estimate of drug-likeness (QED) is 0.399. The molecule has 1 saturated heterocycles. The molecule has 1 heterocycles. The molecule has 1 atom stereocenters. The van der Waals surface area contributed by atoms with Crippen LogP contribution in [-0.2, 0) is 4.74 Å². The molecule has 1 fully saturated rings. The van der Waals surface area contributed by atoms with Gasteiger partial charge in [-0.2, -0.15) is 0 Å². The van der Waals surface area contributed by atoms with Crippen molar-refractivity contribution < 1.29 is 9.84 Å². The fourth-order valence-corrected chi connectivity index (χ4v) is 1.19. The van der Waals surface area contributed by atoms with E-state index in [1.54, 1.807) is 0 Å². The van der Waals surface area contributed by atoms with Crippen LogP contribution in [-0.4, -0.2) is 10.7 Å². The van der Waals surface area contributed by atoms with Crippen LogP contribution in [0.15, 0.2) is 23.7 Å². The highest BCUT2D eigenvalue weighted by Crippen LogP contribution is 2.43. The summed E-state index contributed by atoms with van der Waals surface area (Å²) in [5, 5.41) is 8.65. The summed E-state index contributed by atoms with van der Waals surface area (Å²) >= 11 is 0. The van der Waals surface area contributed by atoms with Crippen LogP contribution in [0.2, 0.25) is 0 Å². The minimum absolute atomic E-state index is 0.180. The summed E-state index contributed by atoms with van der Waals surface area (Å²) in [4.78, 5) is 0. The third-order valence-corrected chi connectivity index (χ3v) is 2.11. The highest BCUT2D eigenvalue weighted by Gasteiger charge is 2.47. The Morgan fingerprint density at radius 2 is 2.25 bits per heavy atom. The third-order valence-electron chi connectivity index (χ3n) is 2.11. The summed E-state index contributed by atoms with van der Waals surface area (Å²) in [5.74, 6) is 0.713. The van der Waals surface area contributed by atoms with E-state index in [9.17, 15) is 0 Å². The Morgan fingerprint density at radius 1 is 1.58 bits per heavy atom. The molecule has 0 aromatic heterocycles. The fourth-order valence-electron chi connectivity index (χ4n) is 1.19. The maximum absolute atomic E-state index is 8.65. The highest BCUT2D eigenvalue weighted by atomic mass is 16.6. The van der Waals surface area contributed by atoms with E-state index in [4.69, 9.17) is 9.84 Å². The molecule has 1 N–H and O–H groups in total. The van der Waals surface area contributed by atoms with Crippen LogP contribution >= 0.6 is 0 Å². The number of hydrogen-bond donors (Lipinski definition) is 1. The fraction of sp³-hybridized carbons (Fsp3) is 0.600. The first-order valence-corrected chi connectivity index (χ1v) is 4.26. The average molecular weight is 168 g/mol. The first-order valence-electron chi connectivity index (χ1n) is 4.26.